The summed E-state index contributed by atoms with van der Waals surface area (Å²) < 4.78 is 10.9. The average molecular weight is 243 g/mol. The maximum atomic E-state index is 5.69. The summed E-state index contributed by atoms with van der Waals surface area (Å²) in [5.41, 5.74) is 4.88. The van der Waals surface area contributed by atoms with Crippen molar-refractivity contribution in [1.82, 2.24) is 0 Å². The first-order valence-electron chi connectivity index (χ1n) is 6.24. The van der Waals surface area contributed by atoms with E-state index in [4.69, 9.17) is 9.15 Å². The molecule has 0 radical (unpaired) electrons. The molecule has 0 unspecified atom stereocenters. The van der Waals surface area contributed by atoms with Crippen LogP contribution in [0.4, 0.5) is 5.69 Å². The molecule has 3 rings (SSSR count). The standard InChI is InChI=1S/C15H17NO2/c1-11-3-4-15-14(7-11)16(5-6-18-15)8-13-10-17-9-12(13)2/h3-4,7,9-10H,5-6,8H2,1-2H3. The summed E-state index contributed by atoms with van der Waals surface area (Å²) in [5, 5.41) is 0. The Morgan fingerprint density at radius 3 is 2.89 bits per heavy atom. The second kappa shape index (κ2) is 4.41. The van der Waals surface area contributed by atoms with Crippen molar-refractivity contribution in [3.63, 3.8) is 0 Å². The molecular weight excluding hydrogens is 226 g/mol. The molecule has 0 bridgehead atoms. The van der Waals surface area contributed by atoms with Gasteiger partial charge in [-0.2, -0.15) is 0 Å². The molecule has 1 aliphatic rings. The molecule has 0 saturated carbocycles. The lowest BCUT2D eigenvalue weighted by molar-refractivity contribution is 0.306. The maximum absolute atomic E-state index is 5.69. The number of aryl methyl sites for hydroxylation is 2. The van der Waals surface area contributed by atoms with E-state index in [1.807, 2.05) is 6.26 Å². The number of benzene rings is 1. The zero-order valence-corrected chi connectivity index (χ0v) is 10.8. The molecule has 0 fully saturated rings. The van der Waals surface area contributed by atoms with Crippen LogP contribution in [0.15, 0.2) is 35.1 Å². The Labute approximate surface area is 107 Å². The molecule has 1 aliphatic heterocycles. The second-order valence-corrected chi connectivity index (χ2v) is 4.82. The van der Waals surface area contributed by atoms with Gasteiger partial charge in [0, 0.05) is 12.1 Å². The van der Waals surface area contributed by atoms with E-state index in [0.717, 1.165) is 25.4 Å². The number of nitrogens with zero attached hydrogens (tertiary/aromatic N) is 1. The van der Waals surface area contributed by atoms with Crippen LogP contribution in [0.3, 0.4) is 0 Å². The Bertz CT molecular complexity index is 559. The van der Waals surface area contributed by atoms with Gasteiger partial charge in [-0.1, -0.05) is 6.07 Å². The van der Waals surface area contributed by atoms with Crippen molar-refractivity contribution in [2.75, 3.05) is 18.1 Å². The molecule has 2 heterocycles. The van der Waals surface area contributed by atoms with Gasteiger partial charge in [-0.15, -0.1) is 0 Å². The van der Waals surface area contributed by atoms with Crippen LogP contribution in [0.25, 0.3) is 0 Å². The van der Waals surface area contributed by atoms with Crippen LogP contribution in [0.5, 0.6) is 5.75 Å². The van der Waals surface area contributed by atoms with Crippen LogP contribution in [0.1, 0.15) is 16.7 Å². The number of fused-ring (bicyclic) bond motifs is 1. The topological polar surface area (TPSA) is 25.6 Å². The predicted molar refractivity (Wildman–Crippen MR) is 71.2 cm³/mol. The summed E-state index contributed by atoms with van der Waals surface area (Å²) in [6, 6.07) is 6.33. The van der Waals surface area contributed by atoms with Gasteiger partial charge >= 0.3 is 0 Å². The molecule has 94 valence electrons. The number of furan rings is 1. The highest BCUT2D eigenvalue weighted by Gasteiger charge is 2.19. The lowest BCUT2D eigenvalue weighted by Gasteiger charge is -2.31. The molecular formula is C15H17NO2. The monoisotopic (exact) mass is 243 g/mol. The highest BCUT2D eigenvalue weighted by Crippen LogP contribution is 2.33. The summed E-state index contributed by atoms with van der Waals surface area (Å²) in [4.78, 5) is 2.35. The van der Waals surface area contributed by atoms with Crippen LogP contribution in [0.2, 0.25) is 0 Å². The first-order chi connectivity index (χ1) is 8.74. The number of hydrogen-bond donors (Lipinski definition) is 0. The van der Waals surface area contributed by atoms with E-state index >= 15 is 0 Å². The van der Waals surface area contributed by atoms with Gasteiger partial charge in [0.15, 0.2) is 0 Å². The van der Waals surface area contributed by atoms with Gasteiger partial charge in [0.1, 0.15) is 12.4 Å². The molecule has 0 amide bonds. The average Bonchev–Trinajstić information content (AvgIpc) is 2.76. The third-order valence-corrected chi connectivity index (χ3v) is 3.40. The van der Waals surface area contributed by atoms with Gasteiger partial charge in [0.05, 0.1) is 24.8 Å². The minimum Gasteiger partial charge on any atom is -0.490 e. The summed E-state index contributed by atoms with van der Waals surface area (Å²) >= 11 is 0. The van der Waals surface area contributed by atoms with Crippen molar-refractivity contribution in [3.05, 3.63) is 47.4 Å². The Kier molecular flexibility index (Phi) is 2.74. The second-order valence-electron chi connectivity index (χ2n) is 4.82. The van der Waals surface area contributed by atoms with Crippen molar-refractivity contribution in [3.8, 4) is 5.75 Å². The maximum Gasteiger partial charge on any atom is 0.142 e. The van der Waals surface area contributed by atoms with E-state index in [0.29, 0.717) is 0 Å². The van der Waals surface area contributed by atoms with Crippen molar-refractivity contribution in [2.24, 2.45) is 0 Å². The molecule has 3 heteroatoms. The Morgan fingerprint density at radius 2 is 2.11 bits per heavy atom. The summed E-state index contributed by atoms with van der Waals surface area (Å²) in [6.07, 6.45) is 3.63. The molecule has 1 aromatic heterocycles. The minimum atomic E-state index is 0.743. The van der Waals surface area contributed by atoms with Crippen LogP contribution < -0.4 is 9.64 Å². The molecule has 0 atom stereocenters. The number of rotatable bonds is 2. The molecule has 0 spiro atoms. The van der Waals surface area contributed by atoms with Crippen LogP contribution in [0, 0.1) is 13.8 Å². The van der Waals surface area contributed by atoms with Crippen molar-refractivity contribution in [1.29, 1.82) is 0 Å². The summed E-state index contributed by atoms with van der Waals surface area (Å²) in [5.74, 6) is 0.980. The number of ether oxygens (including phenoxy) is 1. The largest absolute Gasteiger partial charge is 0.490 e. The van der Waals surface area contributed by atoms with E-state index in [9.17, 15) is 0 Å². The minimum absolute atomic E-state index is 0.743. The highest BCUT2D eigenvalue weighted by molar-refractivity contribution is 5.61. The van der Waals surface area contributed by atoms with Gasteiger partial charge in [-0.05, 0) is 37.1 Å². The zero-order chi connectivity index (χ0) is 12.5. The Balaban J connectivity index is 1.91. The van der Waals surface area contributed by atoms with E-state index in [1.165, 1.54) is 22.4 Å². The fraction of sp³-hybridized carbons (Fsp3) is 0.333. The van der Waals surface area contributed by atoms with Crippen molar-refractivity contribution < 1.29 is 9.15 Å². The summed E-state index contributed by atoms with van der Waals surface area (Å²) in [7, 11) is 0. The van der Waals surface area contributed by atoms with Gasteiger partial charge < -0.3 is 14.1 Å². The molecule has 2 aromatic rings. The Hall–Kier alpha value is -1.90. The van der Waals surface area contributed by atoms with Crippen molar-refractivity contribution in [2.45, 2.75) is 20.4 Å². The van der Waals surface area contributed by atoms with Gasteiger partial charge in [0.25, 0.3) is 0 Å². The van der Waals surface area contributed by atoms with E-state index in [2.05, 4.69) is 36.9 Å². The summed E-state index contributed by atoms with van der Waals surface area (Å²) in [6.45, 7) is 6.72. The first kappa shape index (κ1) is 11.2. The quantitative estimate of drug-likeness (QED) is 0.809. The predicted octanol–water partition coefficient (Wildman–Crippen LogP) is 3.30. The van der Waals surface area contributed by atoms with E-state index in [1.54, 1.807) is 6.26 Å². The zero-order valence-electron chi connectivity index (χ0n) is 10.8. The molecule has 3 nitrogen and oxygen atoms in total. The van der Waals surface area contributed by atoms with Gasteiger partial charge in [-0.25, -0.2) is 0 Å². The Morgan fingerprint density at radius 1 is 1.22 bits per heavy atom. The molecule has 18 heavy (non-hydrogen) atoms. The van der Waals surface area contributed by atoms with Crippen LogP contribution in [-0.4, -0.2) is 13.2 Å². The normalized spacial score (nSPS) is 14.2. The SMILES string of the molecule is Cc1ccc2c(c1)N(Cc1cocc1C)CCO2. The smallest absolute Gasteiger partial charge is 0.142 e. The lowest BCUT2D eigenvalue weighted by atomic mass is 10.1. The van der Waals surface area contributed by atoms with Gasteiger partial charge in [0.2, 0.25) is 0 Å². The number of hydrogen-bond acceptors (Lipinski definition) is 3. The van der Waals surface area contributed by atoms with E-state index in [-0.39, 0.29) is 0 Å². The molecule has 0 saturated heterocycles. The van der Waals surface area contributed by atoms with Gasteiger partial charge in [-0.3, -0.25) is 0 Å². The van der Waals surface area contributed by atoms with Crippen LogP contribution >= 0.6 is 0 Å². The lowest BCUT2D eigenvalue weighted by Crippen LogP contribution is -2.32. The van der Waals surface area contributed by atoms with E-state index < -0.39 is 0 Å². The fourth-order valence-corrected chi connectivity index (χ4v) is 2.30. The third-order valence-electron chi connectivity index (χ3n) is 3.40. The number of anilines is 1. The molecule has 1 aromatic carbocycles. The third kappa shape index (κ3) is 1.96. The molecule has 0 N–H and O–H groups in total. The van der Waals surface area contributed by atoms with Crippen LogP contribution in [-0.2, 0) is 6.54 Å². The fourth-order valence-electron chi connectivity index (χ4n) is 2.30. The highest BCUT2D eigenvalue weighted by atomic mass is 16.5. The first-order valence-corrected chi connectivity index (χ1v) is 6.24. The van der Waals surface area contributed by atoms with Crippen molar-refractivity contribution >= 4 is 5.69 Å². The molecule has 0 aliphatic carbocycles.